The van der Waals surface area contributed by atoms with Gasteiger partial charge in [0.1, 0.15) is 5.75 Å². The number of aromatic nitrogens is 1. The van der Waals surface area contributed by atoms with Gasteiger partial charge in [-0.1, -0.05) is 13.0 Å². The number of ether oxygens (including phenoxy) is 1. The minimum absolute atomic E-state index is 0.148. The maximum Gasteiger partial charge on any atom is 0.319 e. The van der Waals surface area contributed by atoms with Gasteiger partial charge in [0.25, 0.3) is 5.91 Å². The fraction of sp³-hybridized carbons (Fsp3) is 0.350. The first-order valence-corrected chi connectivity index (χ1v) is 9.07. The van der Waals surface area contributed by atoms with Crippen LogP contribution in [0.5, 0.6) is 5.75 Å². The first-order valence-electron chi connectivity index (χ1n) is 9.07. The largest absolute Gasteiger partial charge is 0.495 e. The number of benzene rings is 1. The molecule has 0 radical (unpaired) electrons. The number of urea groups is 1. The van der Waals surface area contributed by atoms with Crippen molar-refractivity contribution >= 4 is 17.6 Å². The van der Waals surface area contributed by atoms with Crippen LogP contribution in [0.4, 0.5) is 10.5 Å². The van der Waals surface area contributed by atoms with E-state index in [1.807, 2.05) is 19.1 Å². The molecule has 1 heterocycles. The number of methoxy groups -OCH3 is 1. The van der Waals surface area contributed by atoms with Gasteiger partial charge in [-0.2, -0.15) is 0 Å². The first-order chi connectivity index (χ1) is 13.1. The minimum atomic E-state index is -0.372. The van der Waals surface area contributed by atoms with Gasteiger partial charge >= 0.3 is 6.03 Å². The van der Waals surface area contributed by atoms with Crippen molar-refractivity contribution in [3.63, 3.8) is 0 Å². The monoisotopic (exact) mass is 368 g/mol. The topological polar surface area (TPSA) is 92.4 Å². The quantitative estimate of drug-likeness (QED) is 0.699. The van der Waals surface area contributed by atoms with Crippen LogP contribution in [0.25, 0.3) is 0 Å². The molecule has 1 saturated carbocycles. The van der Waals surface area contributed by atoms with Crippen molar-refractivity contribution < 1.29 is 14.3 Å². The molecule has 3 N–H and O–H groups in total. The van der Waals surface area contributed by atoms with Gasteiger partial charge in [0.15, 0.2) is 0 Å². The smallest absolute Gasteiger partial charge is 0.319 e. The summed E-state index contributed by atoms with van der Waals surface area (Å²) in [6, 6.07) is 8.48. The van der Waals surface area contributed by atoms with Crippen LogP contribution in [0.3, 0.4) is 0 Å². The van der Waals surface area contributed by atoms with Gasteiger partial charge in [0.2, 0.25) is 0 Å². The number of nitrogens with one attached hydrogen (secondary N) is 3. The Morgan fingerprint density at radius 3 is 2.74 bits per heavy atom. The molecule has 1 aromatic carbocycles. The second-order valence-electron chi connectivity index (χ2n) is 6.51. The van der Waals surface area contributed by atoms with Gasteiger partial charge in [-0.05, 0) is 49.1 Å². The lowest BCUT2D eigenvalue weighted by atomic mass is 10.1. The van der Waals surface area contributed by atoms with Crippen molar-refractivity contribution in [1.82, 2.24) is 15.6 Å². The van der Waals surface area contributed by atoms with Gasteiger partial charge in [0, 0.05) is 24.0 Å². The number of carbonyl (C=O) groups is 2. The molecule has 1 aliphatic carbocycles. The van der Waals surface area contributed by atoms with Crippen molar-refractivity contribution in [3.05, 3.63) is 53.9 Å². The molecule has 1 aromatic heterocycles. The Hall–Kier alpha value is -3.09. The molecule has 7 heteroatoms. The molecule has 1 aliphatic rings. The van der Waals surface area contributed by atoms with Crippen LogP contribution in [-0.4, -0.2) is 30.1 Å². The molecule has 1 fully saturated rings. The maximum atomic E-state index is 12.5. The number of pyridine rings is 1. The molecule has 0 bridgehead atoms. The Morgan fingerprint density at radius 2 is 2.11 bits per heavy atom. The number of hydrogen-bond acceptors (Lipinski definition) is 4. The van der Waals surface area contributed by atoms with E-state index >= 15 is 0 Å². The van der Waals surface area contributed by atoms with Crippen molar-refractivity contribution in [1.29, 1.82) is 0 Å². The molecule has 1 unspecified atom stereocenters. The van der Waals surface area contributed by atoms with Gasteiger partial charge in [-0.15, -0.1) is 0 Å². The third-order valence-electron chi connectivity index (χ3n) is 4.42. The van der Waals surface area contributed by atoms with E-state index in [9.17, 15) is 9.59 Å². The van der Waals surface area contributed by atoms with E-state index in [2.05, 4.69) is 20.9 Å². The summed E-state index contributed by atoms with van der Waals surface area (Å²) >= 11 is 0. The second-order valence-corrected chi connectivity index (χ2v) is 6.51. The fourth-order valence-electron chi connectivity index (χ4n) is 2.76. The highest BCUT2D eigenvalue weighted by atomic mass is 16.5. The Labute approximate surface area is 158 Å². The normalized spacial score (nSPS) is 14.1. The maximum absolute atomic E-state index is 12.5. The standard InChI is InChI=1S/C20H24N4O3/c1-3-16(14-5-4-10-21-12-14)23-20(26)24-17-11-13(6-9-18(17)27-2)19(25)22-15-7-8-15/h4-6,9-12,15-16H,3,7-8H2,1-2H3,(H,22,25)(H2,23,24,26). The number of hydrogen-bond donors (Lipinski definition) is 3. The number of rotatable bonds is 7. The molecule has 0 aliphatic heterocycles. The predicted octanol–water partition coefficient (Wildman–Crippen LogP) is 3.26. The van der Waals surface area contributed by atoms with Crippen molar-refractivity contribution in [2.24, 2.45) is 0 Å². The number of carbonyl (C=O) groups excluding carboxylic acids is 2. The highest BCUT2D eigenvalue weighted by Gasteiger charge is 2.24. The average molecular weight is 368 g/mol. The molecule has 7 nitrogen and oxygen atoms in total. The molecular weight excluding hydrogens is 344 g/mol. The average Bonchev–Trinajstić information content (AvgIpc) is 3.50. The van der Waals surface area contributed by atoms with Gasteiger partial charge in [-0.3, -0.25) is 9.78 Å². The molecule has 27 heavy (non-hydrogen) atoms. The van der Waals surface area contributed by atoms with Crippen LogP contribution in [0.1, 0.15) is 48.1 Å². The van der Waals surface area contributed by atoms with Crippen LogP contribution in [-0.2, 0) is 0 Å². The highest BCUT2D eigenvalue weighted by Crippen LogP contribution is 2.27. The summed E-state index contributed by atoms with van der Waals surface area (Å²) in [5, 5.41) is 8.65. The zero-order valence-corrected chi connectivity index (χ0v) is 15.5. The molecule has 3 rings (SSSR count). The van der Waals surface area contributed by atoms with E-state index in [4.69, 9.17) is 4.74 Å². The summed E-state index contributed by atoms with van der Waals surface area (Å²) in [5.74, 6) is 0.341. The number of nitrogens with zero attached hydrogens (tertiary/aromatic N) is 1. The fourth-order valence-corrected chi connectivity index (χ4v) is 2.76. The molecule has 3 amide bonds. The molecular formula is C20H24N4O3. The van der Waals surface area contributed by atoms with E-state index in [-0.39, 0.29) is 24.0 Å². The summed E-state index contributed by atoms with van der Waals surface area (Å²) in [4.78, 5) is 28.8. The van der Waals surface area contributed by atoms with E-state index < -0.39 is 0 Å². The zero-order chi connectivity index (χ0) is 19.2. The first kappa shape index (κ1) is 18.7. The van der Waals surface area contributed by atoms with Gasteiger partial charge in [0.05, 0.1) is 18.8 Å². The summed E-state index contributed by atoms with van der Waals surface area (Å²) in [7, 11) is 1.52. The second kappa shape index (κ2) is 8.53. The minimum Gasteiger partial charge on any atom is -0.495 e. The Morgan fingerprint density at radius 1 is 1.30 bits per heavy atom. The van der Waals surface area contributed by atoms with E-state index in [0.717, 1.165) is 24.8 Å². The van der Waals surface area contributed by atoms with Gasteiger partial charge < -0.3 is 20.7 Å². The number of anilines is 1. The van der Waals surface area contributed by atoms with E-state index in [1.54, 1.807) is 30.6 Å². The van der Waals surface area contributed by atoms with Crippen LogP contribution in [0.2, 0.25) is 0 Å². The third-order valence-corrected chi connectivity index (χ3v) is 4.42. The van der Waals surface area contributed by atoms with Crippen LogP contribution < -0.4 is 20.7 Å². The summed E-state index contributed by atoms with van der Waals surface area (Å²) in [6.07, 6.45) is 6.18. The Kier molecular flexibility index (Phi) is 5.90. The molecule has 2 aromatic rings. The molecule has 1 atom stereocenters. The van der Waals surface area contributed by atoms with Crippen LogP contribution in [0, 0.1) is 0 Å². The van der Waals surface area contributed by atoms with Crippen molar-refractivity contribution in [3.8, 4) is 5.75 Å². The highest BCUT2D eigenvalue weighted by molar-refractivity contribution is 5.98. The van der Waals surface area contributed by atoms with Gasteiger partial charge in [-0.25, -0.2) is 4.79 Å². The summed E-state index contributed by atoms with van der Waals surface area (Å²) < 4.78 is 5.31. The Bertz CT molecular complexity index is 806. The van der Waals surface area contributed by atoms with Crippen molar-refractivity contribution in [2.45, 2.75) is 38.3 Å². The Balaban J connectivity index is 1.70. The number of amides is 3. The van der Waals surface area contributed by atoms with Crippen LogP contribution >= 0.6 is 0 Å². The molecule has 0 spiro atoms. The summed E-state index contributed by atoms with van der Waals surface area (Å²) in [6.45, 7) is 1.99. The zero-order valence-electron chi connectivity index (χ0n) is 15.5. The van der Waals surface area contributed by atoms with Crippen molar-refractivity contribution in [2.75, 3.05) is 12.4 Å². The molecule has 0 saturated heterocycles. The van der Waals surface area contributed by atoms with Crippen LogP contribution in [0.15, 0.2) is 42.7 Å². The third kappa shape index (κ3) is 4.97. The predicted molar refractivity (Wildman–Crippen MR) is 103 cm³/mol. The SMILES string of the molecule is CCC(NC(=O)Nc1cc(C(=O)NC2CC2)ccc1OC)c1cccnc1. The lowest BCUT2D eigenvalue weighted by Crippen LogP contribution is -2.32. The molecule has 142 valence electrons. The van der Waals surface area contributed by atoms with E-state index in [0.29, 0.717) is 17.0 Å². The lowest BCUT2D eigenvalue weighted by Gasteiger charge is -2.18. The van der Waals surface area contributed by atoms with E-state index in [1.165, 1.54) is 7.11 Å². The summed E-state index contributed by atoms with van der Waals surface area (Å²) in [5.41, 5.74) is 1.86. The lowest BCUT2D eigenvalue weighted by molar-refractivity contribution is 0.0951.